The predicted molar refractivity (Wildman–Crippen MR) is 110 cm³/mol. The number of ether oxygens (including phenoxy) is 1. The molecule has 3 N–H and O–H groups in total. The van der Waals surface area contributed by atoms with Crippen molar-refractivity contribution in [3.63, 3.8) is 0 Å². The number of benzene rings is 2. The highest BCUT2D eigenvalue weighted by Crippen LogP contribution is 2.38. The number of fused-ring (bicyclic) bond motifs is 1. The first-order chi connectivity index (χ1) is 13.8. The van der Waals surface area contributed by atoms with Crippen LogP contribution in [0.4, 0.5) is 4.79 Å². The molecule has 0 atom stereocenters. The van der Waals surface area contributed by atoms with E-state index in [-0.39, 0.29) is 20.6 Å². The van der Waals surface area contributed by atoms with Gasteiger partial charge >= 0.3 is 12.0 Å². The maximum absolute atomic E-state index is 12.6. The molecule has 1 aromatic heterocycles. The average molecular weight is 453 g/mol. The standard InChI is InChI=1S/C19H12Cl3N3O4/c20-12-6-5-10(16(21)17(12)22)14-7-11(9-3-1-2-4-13(9)24-14)18(27)29-8-15(26)25-19(23)28/h1-7H,8H2,(H3,23,25,26,28). The first-order valence-electron chi connectivity index (χ1n) is 8.08. The minimum absolute atomic E-state index is 0.152. The fraction of sp³-hybridized carbons (Fsp3) is 0.0526. The molecule has 0 radical (unpaired) electrons. The van der Waals surface area contributed by atoms with Gasteiger partial charge in [0, 0.05) is 10.9 Å². The second-order valence-electron chi connectivity index (χ2n) is 5.78. The largest absolute Gasteiger partial charge is 0.452 e. The molecule has 0 aliphatic carbocycles. The number of imide groups is 1. The summed E-state index contributed by atoms with van der Waals surface area (Å²) in [5.41, 5.74) is 6.33. The number of carbonyl (C=O) groups is 3. The molecule has 0 bridgehead atoms. The highest BCUT2D eigenvalue weighted by molar-refractivity contribution is 6.49. The number of aromatic nitrogens is 1. The van der Waals surface area contributed by atoms with Crippen LogP contribution in [-0.4, -0.2) is 29.5 Å². The monoisotopic (exact) mass is 451 g/mol. The summed E-state index contributed by atoms with van der Waals surface area (Å²) >= 11 is 18.4. The van der Waals surface area contributed by atoms with Crippen LogP contribution in [0.2, 0.25) is 15.1 Å². The van der Waals surface area contributed by atoms with Gasteiger partial charge in [0.2, 0.25) is 0 Å². The van der Waals surface area contributed by atoms with Gasteiger partial charge in [-0.05, 0) is 24.3 Å². The van der Waals surface area contributed by atoms with Gasteiger partial charge in [0.25, 0.3) is 5.91 Å². The van der Waals surface area contributed by atoms with Crippen LogP contribution in [0.1, 0.15) is 10.4 Å². The van der Waals surface area contributed by atoms with Gasteiger partial charge in [0.05, 0.1) is 31.8 Å². The van der Waals surface area contributed by atoms with E-state index in [1.165, 1.54) is 6.07 Å². The molecule has 0 aliphatic rings. The van der Waals surface area contributed by atoms with Gasteiger partial charge in [0.1, 0.15) is 0 Å². The molecule has 148 valence electrons. The van der Waals surface area contributed by atoms with Gasteiger partial charge in [-0.1, -0.05) is 53.0 Å². The third kappa shape index (κ3) is 4.59. The molecule has 0 aliphatic heterocycles. The van der Waals surface area contributed by atoms with Gasteiger partial charge < -0.3 is 10.5 Å². The zero-order valence-corrected chi connectivity index (χ0v) is 16.8. The number of rotatable bonds is 4. The van der Waals surface area contributed by atoms with Gasteiger partial charge in [-0.25, -0.2) is 14.6 Å². The lowest BCUT2D eigenvalue weighted by Crippen LogP contribution is -2.37. The summed E-state index contributed by atoms with van der Waals surface area (Å²) in [6.07, 6.45) is 0. The number of carbonyl (C=O) groups excluding carboxylic acids is 3. The van der Waals surface area contributed by atoms with Crippen LogP contribution < -0.4 is 11.1 Å². The first-order valence-corrected chi connectivity index (χ1v) is 9.21. The van der Waals surface area contributed by atoms with E-state index in [1.54, 1.807) is 36.4 Å². The van der Waals surface area contributed by atoms with Gasteiger partial charge in [-0.2, -0.15) is 0 Å². The van der Waals surface area contributed by atoms with Crippen molar-refractivity contribution in [2.75, 3.05) is 6.61 Å². The molecule has 29 heavy (non-hydrogen) atoms. The molecule has 1 heterocycles. The van der Waals surface area contributed by atoms with E-state index in [9.17, 15) is 14.4 Å². The Morgan fingerprint density at radius 2 is 1.76 bits per heavy atom. The van der Waals surface area contributed by atoms with Crippen LogP contribution in [-0.2, 0) is 9.53 Å². The predicted octanol–water partition coefficient (Wildman–Crippen LogP) is 4.21. The molecule has 0 fully saturated rings. The maximum atomic E-state index is 12.6. The second kappa shape index (κ2) is 8.65. The molecular formula is C19H12Cl3N3O4. The lowest BCUT2D eigenvalue weighted by atomic mass is 10.0. The molecule has 0 unspecified atom stereocenters. The zero-order valence-electron chi connectivity index (χ0n) is 14.5. The number of para-hydroxylation sites is 1. The van der Waals surface area contributed by atoms with E-state index in [0.29, 0.717) is 22.2 Å². The van der Waals surface area contributed by atoms with E-state index >= 15 is 0 Å². The summed E-state index contributed by atoms with van der Waals surface area (Å²) in [5, 5.41) is 2.94. The summed E-state index contributed by atoms with van der Waals surface area (Å²) in [4.78, 5) is 39.3. The Bertz CT molecular complexity index is 1150. The molecule has 3 rings (SSSR count). The van der Waals surface area contributed by atoms with E-state index in [1.807, 2.05) is 5.32 Å². The number of urea groups is 1. The van der Waals surface area contributed by atoms with Crippen LogP contribution in [0.25, 0.3) is 22.2 Å². The number of nitrogens with zero attached hydrogens (tertiary/aromatic N) is 1. The number of amides is 3. The Balaban J connectivity index is 2.03. The zero-order chi connectivity index (χ0) is 21.1. The number of nitrogens with one attached hydrogen (secondary N) is 1. The van der Waals surface area contributed by atoms with Crippen molar-refractivity contribution in [1.29, 1.82) is 0 Å². The fourth-order valence-corrected chi connectivity index (χ4v) is 3.22. The third-order valence-electron chi connectivity index (χ3n) is 3.84. The quantitative estimate of drug-likeness (QED) is 0.455. The smallest absolute Gasteiger partial charge is 0.339 e. The van der Waals surface area contributed by atoms with Gasteiger partial charge in [-0.3, -0.25) is 10.1 Å². The second-order valence-corrected chi connectivity index (χ2v) is 6.95. The maximum Gasteiger partial charge on any atom is 0.339 e. The summed E-state index contributed by atoms with van der Waals surface area (Å²) in [7, 11) is 0. The molecule has 10 heteroatoms. The van der Waals surface area contributed by atoms with Gasteiger partial charge in [0.15, 0.2) is 6.61 Å². The Hall–Kier alpha value is -2.87. The van der Waals surface area contributed by atoms with Crippen molar-refractivity contribution in [3.8, 4) is 11.3 Å². The normalized spacial score (nSPS) is 10.6. The molecule has 2 aromatic carbocycles. The minimum Gasteiger partial charge on any atom is -0.452 e. The Labute approximate surface area is 179 Å². The lowest BCUT2D eigenvalue weighted by Gasteiger charge is -2.12. The number of hydrogen-bond acceptors (Lipinski definition) is 5. The molecule has 0 saturated carbocycles. The molecule has 3 aromatic rings. The summed E-state index contributed by atoms with van der Waals surface area (Å²) in [6.45, 7) is -0.679. The Kier molecular flexibility index (Phi) is 6.22. The number of nitrogens with two attached hydrogens (primary N) is 1. The van der Waals surface area contributed by atoms with E-state index in [2.05, 4.69) is 4.98 Å². The average Bonchev–Trinajstić information content (AvgIpc) is 2.69. The Morgan fingerprint density at radius 3 is 2.48 bits per heavy atom. The lowest BCUT2D eigenvalue weighted by molar-refractivity contribution is -0.123. The molecule has 7 nitrogen and oxygen atoms in total. The fourth-order valence-electron chi connectivity index (χ4n) is 2.59. The van der Waals surface area contributed by atoms with E-state index in [0.717, 1.165) is 0 Å². The minimum atomic E-state index is -1.04. The number of esters is 1. The van der Waals surface area contributed by atoms with Crippen LogP contribution in [0.15, 0.2) is 42.5 Å². The molecule has 0 spiro atoms. The Morgan fingerprint density at radius 1 is 1.03 bits per heavy atom. The van der Waals surface area contributed by atoms with Crippen molar-refractivity contribution < 1.29 is 19.1 Å². The van der Waals surface area contributed by atoms with E-state index < -0.39 is 24.5 Å². The van der Waals surface area contributed by atoms with Crippen molar-refractivity contribution in [2.45, 2.75) is 0 Å². The number of halogens is 3. The van der Waals surface area contributed by atoms with Crippen molar-refractivity contribution >= 4 is 63.6 Å². The molecule has 0 saturated heterocycles. The summed E-state index contributed by atoms with van der Waals surface area (Å²) in [5.74, 6) is -1.64. The topological polar surface area (TPSA) is 111 Å². The number of pyridine rings is 1. The SMILES string of the molecule is NC(=O)NC(=O)COC(=O)c1cc(-c2ccc(Cl)c(Cl)c2Cl)nc2ccccc12. The van der Waals surface area contributed by atoms with Crippen LogP contribution in [0, 0.1) is 0 Å². The highest BCUT2D eigenvalue weighted by Gasteiger charge is 2.19. The van der Waals surface area contributed by atoms with Crippen molar-refractivity contribution in [3.05, 3.63) is 63.1 Å². The molecule has 3 amide bonds. The molecular weight excluding hydrogens is 441 g/mol. The van der Waals surface area contributed by atoms with Crippen molar-refractivity contribution in [1.82, 2.24) is 10.3 Å². The van der Waals surface area contributed by atoms with Crippen molar-refractivity contribution in [2.24, 2.45) is 5.73 Å². The number of primary amides is 1. The first kappa shape index (κ1) is 20.9. The number of hydrogen-bond donors (Lipinski definition) is 2. The third-order valence-corrected chi connectivity index (χ3v) is 5.14. The van der Waals surface area contributed by atoms with Crippen LogP contribution in [0.3, 0.4) is 0 Å². The van der Waals surface area contributed by atoms with Gasteiger partial charge in [-0.15, -0.1) is 0 Å². The summed E-state index contributed by atoms with van der Waals surface area (Å²) < 4.78 is 5.00. The van der Waals surface area contributed by atoms with Crippen LogP contribution >= 0.6 is 34.8 Å². The summed E-state index contributed by atoms with van der Waals surface area (Å²) in [6, 6.07) is 10.5. The van der Waals surface area contributed by atoms with E-state index in [4.69, 9.17) is 45.3 Å². The highest BCUT2D eigenvalue weighted by atomic mass is 35.5. The van der Waals surface area contributed by atoms with Crippen LogP contribution in [0.5, 0.6) is 0 Å².